The number of para-hydroxylation sites is 2. The van der Waals surface area contributed by atoms with E-state index in [0.29, 0.717) is 11.6 Å². The molecule has 31 heavy (non-hydrogen) atoms. The minimum absolute atomic E-state index is 0.406. The number of anilines is 2. The van der Waals surface area contributed by atoms with Gasteiger partial charge in [0, 0.05) is 24.7 Å². The van der Waals surface area contributed by atoms with E-state index >= 15 is 0 Å². The van der Waals surface area contributed by atoms with Crippen LogP contribution in [0, 0.1) is 17.3 Å². The number of hydrogen-bond acceptors (Lipinski definition) is 4. The van der Waals surface area contributed by atoms with Crippen LogP contribution in [-0.2, 0) is 4.74 Å². The molecule has 1 spiro atoms. The standard InChI is InChI=1S/C26H39N3O2/c1-5-18-14-19-16-25(19)17-26(25,15-18)29-12-10-20(11-13-29)27-21-8-6-7-9-22(21)28-23(30)31-24(2,3)4/h6-9,18-20,27H,5,10-17H2,1-4H3,(H,28,30). The molecule has 0 bridgehead atoms. The molecule has 3 aliphatic carbocycles. The minimum Gasteiger partial charge on any atom is -0.444 e. The van der Waals surface area contributed by atoms with E-state index in [1.807, 2.05) is 39.0 Å². The predicted octanol–water partition coefficient (Wildman–Crippen LogP) is 5.88. The first-order chi connectivity index (χ1) is 14.7. The second-order valence-electron chi connectivity index (χ2n) is 11.6. The summed E-state index contributed by atoms with van der Waals surface area (Å²) in [6.45, 7) is 10.4. The van der Waals surface area contributed by atoms with E-state index in [2.05, 4.69) is 28.5 Å². The highest BCUT2D eigenvalue weighted by Crippen LogP contribution is 2.84. The van der Waals surface area contributed by atoms with Crippen molar-refractivity contribution in [2.24, 2.45) is 17.3 Å². The third-order valence-corrected chi connectivity index (χ3v) is 8.49. The van der Waals surface area contributed by atoms with Crippen molar-refractivity contribution >= 4 is 17.5 Å². The third-order valence-electron chi connectivity index (χ3n) is 8.49. The zero-order valence-electron chi connectivity index (χ0n) is 19.7. The maximum Gasteiger partial charge on any atom is 0.412 e. The van der Waals surface area contributed by atoms with Gasteiger partial charge in [-0.1, -0.05) is 25.5 Å². The van der Waals surface area contributed by atoms with Gasteiger partial charge in [-0.05, 0) is 88.7 Å². The Kier molecular flexibility index (Phi) is 5.04. The normalized spacial score (nSPS) is 35.0. The van der Waals surface area contributed by atoms with Crippen LogP contribution in [-0.4, -0.2) is 41.3 Å². The summed E-state index contributed by atoms with van der Waals surface area (Å²) in [5.41, 5.74) is 2.55. The third kappa shape index (κ3) is 3.83. The van der Waals surface area contributed by atoms with Crippen LogP contribution in [0.5, 0.6) is 0 Å². The van der Waals surface area contributed by atoms with Crippen LogP contribution in [0.25, 0.3) is 0 Å². The molecular weight excluding hydrogens is 386 g/mol. The number of amides is 1. The molecule has 4 atom stereocenters. The van der Waals surface area contributed by atoms with E-state index in [4.69, 9.17) is 4.74 Å². The summed E-state index contributed by atoms with van der Waals surface area (Å²) in [6.07, 6.45) is 9.20. The van der Waals surface area contributed by atoms with E-state index in [0.717, 1.165) is 28.6 Å². The van der Waals surface area contributed by atoms with E-state index < -0.39 is 11.7 Å². The van der Waals surface area contributed by atoms with Crippen molar-refractivity contribution in [3.05, 3.63) is 24.3 Å². The summed E-state index contributed by atoms with van der Waals surface area (Å²) in [7, 11) is 0. The van der Waals surface area contributed by atoms with Gasteiger partial charge in [-0.15, -0.1) is 0 Å². The molecule has 4 unspecified atom stereocenters. The monoisotopic (exact) mass is 425 g/mol. The average Bonchev–Trinajstić information content (AvgIpc) is 3.58. The number of carbonyl (C=O) groups excluding carboxylic acids is 1. The van der Waals surface area contributed by atoms with Crippen LogP contribution in [0.3, 0.4) is 0 Å². The highest BCUT2D eigenvalue weighted by Gasteiger charge is 2.82. The molecule has 170 valence electrons. The fourth-order valence-electron chi connectivity index (χ4n) is 6.86. The van der Waals surface area contributed by atoms with Crippen molar-refractivity contribution in [3.8, 4) is 0 Å². The summed E-state index contributed by atoms with van der Waals surface area (Å²) in [4.78, 5) is 15.1. The first kappa shape index (κ1) is 21.1. The van der Waals surface area contributed by atoms with Crippen LogP contribution in [0.1, 0.15) is 72.6 Å². The summed E-state index contributed by atoms with van der Waals surface area (Å²) in [5, 5.41) is 6.63. The lowest BCUT2D eigenvalue weighted by Crippen LogP contribution is -2.49. The molecule has 3 saturated carbocycles. The Morgan fingerprint density at radius 2 is 1.87 bits per heavy atom. The molecule has 0 radical (unpaired) electrons. The molecule has 1 amide bonds. The number of nitrogens with one attached hydrogen (secondary N) is 2. The minimum atomic E-state index is -0.505. The molecule has 5 nitrogen and oxygen atoms in total. The van der Waals surface area contributed by atoms with Crippen LogP contribution >= 0.6 is 0 Å². The first-order valence-corrected chi connectivity index (χ1v) is 12.4. The number of rotatable bonds is 5. The van der Waals surface area contributed by atoms with Crippen molar-refractivity contribution in [2.45, 2.75) is 89.8 Å². The Morgan fingerprint density at radius 1 is 1.16 bits per heavy atom. The van der Waals surface area contributed by atoms with Gasteiger partial charge in [0.05, 0.1) is 11.4 Å². The predicted molar refractivity (Wildman–Crippen MR) is 125 cm³/mol. The number of carbonyl (C=O) groups is 1. The number of benzene rings is 1. The van der Waals surface area contributed by atoms with Gasteiger partial charge >= 0.3 is 6.09 Å². The Bertz CT molecular complexity index is 841. The molecule has 4 fully saturated rings. The maximum atomic E-state index is 12.2. The van der Waals surface area contributed by atoms with Gasteiger partial charge in [-0.2, -0.15) is 0 Å². The molecule has 1 aromatic carbocycles. The van der Waals surface area contributed by atoms with Crippen molar-refractivity contribution < 1.29 is 9.53 Å². The van der Waals surface area contributed by atoms with Crippen LogP contribution in [0.2, 0.25) is 0 Å². The van der Waals surface area contributed by atoms with Gasteiger partial charge in [-0.3, -0.25) is 10.2 Å². The summed E-state index contributed by atoms with van der Waals surface area (Å²) < 4.78 is 5.43. The number of nitrogens with zero attached hydrogens (tertiary/aromatic N) is 1. The highest BCUT2D eigenvalue weighted by molar-refractivity contribution is 5.89. The molecule has 1 saturated heterocycles. The molecule has 2 N–H and O–H groups in total. The number of likely N-dealkylation sites (tertiary alicyclic amines) is 1. The van der Waals surface area contributed by atoms with Gasteiger partial charge in [0.2, 0.25) is 0 Å². The molecule has 1 aliphatic heterocycles. The van der Waals surface area contributed by atoms with Crippen LogP contribution < -0.4 is 10.6 Å². The zero-order valence-corrected chi connectivity index (χ0v) is 19.7. The second kappa shape index (κ2) is 7.40. The summed E-state index contributed by atoms with van der Waals surface area (Å²) in [5.74, 6) is 1.98. The first-order valence-electron chi connectivity index (χ1n) is 12.4. The van der Waals surface area contributed by atoms with E-state index in [-0.39, 0.29) is 0 Å². The van der Waals surface area contributed by atoms with Gasteiger partial charge in [-0.25, -0.2) is 4.79 Å². The molecule has 4 aliphatic rings. The highest BCUT2D eigenvalue weighted by atomic mass is 16.6. The zero-order chi connectivity index (χ0) is 21.9. The summed E-state index contributed by atoms with van der Waals surface area (Å²) >= 11 is 0. The molecule has 5 heteroatoms. The van der Waals surface area contributed by atoms with Gasteiger partial charge in [0.25, 0.3) is 0 Å². The molecule has 1 aromatic rings. The summed E-state index contributed by atoms with van der Waals surface area (Å²) in [6, 6.07) is 8.41. The largest absolute Gasteiger partial charge is 0.444 e. The lowest BCUT2D eigenvalue weighted by atomic mass is 9.82. The molecule has 1 heterocycles. The average molecular weight is 426 g/mol. The van der Waals surface area contributed by atoms with Crippen molar-refractivity contribution in [1.29, 1.82) is 0 Å². The topological polar surface area (TPSA) is 53.6 Å². The Balaban J connectivity index is 1.18. The van der Waals surface area contributed by atoms with Gasteiger partial charge < -0.3 is 10.1 Å². The Labute approximate surface area is 187 Å². The van der Waals surface area contributed by atoms with Gasteiger partial charge in [0.15, 0.2) is 0 Å². The van der Waals surface area contributed by atoms with Crippen molar-refractivity contribution in [3.63, 3.8) is 0 Å². The molecular formula is C26H39N3O2. The molecule has 5 rings (SSSR count). The number of piperidine rings is 1. The smallest absolute Gasteiger partial charge is 0.412 e. The van der Waals surface area contributed by atoms with Crippen LogP contribution in [0.4, 0.5) is 16.2 Å². The van der Waals surface area contributed by atoms with Crippen LogP contribution in [0.15, 0.2) is 24.3 Å². The lowest BCUT2D eigenvalue weighted by Gasteiger charge is -2.42. The quantitative estimate of drug-likeness (QED) is 0.619. The van der Waals surface area contributed by atoms with Crippen molar-refractivity contribution in [2.75, 3.05) is 23.7 Å². The maximum absolute atomic E-state index is 12.2. The Morgan fingerprint density at radius 3 is 2.55 bits per heavy atom. The fraction of sp³-hybridized carbons (Fsp3) is 0.731. The second-order valence-corrected chi connectivity index (χ2v) is 11.6. The fourth-order valence-corrected chi connectivity index (χ4v) is 6.86. The molecule has 0 aromatic heterocycles. The van der Waals surface area contributed by atoms with E-state index in [9.17, 15) is 4.79 Å². The van der Waals surface area contributed by atoms with E-state index in [1.54, 1.807) is 0 Å². The van der Waals surface area contributed by atoms with Crippen molar-refractivity contribution in [1.82, 2.24) is 4.90 Å². The Hall–Kier alpha value is -1.75. The number of ether oxygens (including phenoxy) is 1. The van der Waals surface area contributed by atoms with E-state index in [1.165, 1.54) is 58.0 Å². The lowest BCUT2D eigenvalue weighted by molar-refractivity contribution is 0.0636. The SMILES string of the molecule is CCC1CC2CC23CC3(N2CCC(Nc3ccccc3NC(=O)OC(C)(C)C)CC2)C1. The van der Waals surface area contributed by atoms with Gasteiger partial charge in [0.1, 0.15) is 5.60 Å². The number of hydrogen-bond donors (Lipinski definition) is 2.